The van der Waals surface area contributed by atoms with E-state index < -0.39 is 12.3 Å². The molecule has 1 saturated heterocycles. The average molecular weight is 361 g/mol. The van der Waals surface area contributed by atoms with Crippen LogP contribution in [0.3, 0.4) is 0 Å². The van der Waals surface area contributed by atoms with Gasteiger partial charge in [-0.05, 0) is 42.0 Å². The lowest BCUT2D eigenvalue weighted by molar-refractivity contribution is 0.0524. The second-order valence-corrected chi connectivity index (χ2v) is 5.54. The van der Waals surface area contributed by atoms with Crippen molar-refractivity contribution in [3.63, 3.8) is 0 Å². The Hall–Kier alpha value is -3.33. The summed E-state index contributed by atoms with van der Waals surface area (Å²) in [7, 11) is 0. The number of halogens is 1. The van der Waals surface area contributed by atoms with Gasteiger partial charge in [0.25, 0.3) is 0 Å². The van der Waals surface area contributed by atoms with Crippen LogP contribution in [0.25, 0.3) is 0 Å². The molecule has 2 aromatic rings. The molecular formula is C17H16FN3O5. The monoisotopic (exact) mass is 361 g/mol. The van der Waals surface area contributed by atoms with Crippen LogP contribution in [-0.4, -0.2) is 35.0 Å². The van der Waals surface area contributed by atoms with Crippen molar-refractivity contribution in [1.82, 2.24) is 15.7 Å². The number of ether oxygens (including phenoxy) is 2. The topological polar surface area (TPSA) is 100 Å². The maximum atomic E-state index is 12.9. The van der Waals surface area contributed by atoms with Gasteiger partial charge in [-0.25, -0.2) is 19.5 Å². The number of nitrogens with one attached hydrogen (secondary N) is 2. The van der Waals surface area contributed by atoms with E-state index in [4.69, 9.17) is 14.7 Å². The van der Waals surface area contributed by atoms with E-state index in [-0.39, 0.29) is 18.4 Å². The normalized spacial score (nSPS) is 16.2. The maximum absolute atomic E-state index is 12.9. The molecular weight excluding hydrogens is 345 g/mol. The third-order valence-electron chi connectivity index (χ3n) is 3.64. The Morgan fingerprint density at radius 1 is 1.19 bits per heavy atom. The number of hydrogen-bond donors (Lipinski definition) is 3. The second kappa shape index (κ2) is 7.70. The summed E-state index contributed by atoms with van der Waals surface area (Å²) in [6.45, 7) is 0.462. The molecule has 1 aliphatic rings. The number of benzene rings is 2. The number of urea groups is 1. The van der Waals surface area contributed by atoms with E-state index in [9.17, 15) is 14.0 Å². The highest BCUT2D eigenvalue weighted by molar-refractivity contribution is 5.77. The van der Waals surface area contributed by atoms with E-state index in [1.807, 2.05) is 0 Å². The fraction of sp³-hybridized carbons (Fsp3) is 0.176. The Labute approximate surface area is 148 Å². The summed E-state index contributed by atoms with van der Waals surface area (Å²) < 4.78 is 23.3. The highest BCUT2D eigenvalue weighted by Gasteiger charge is 2.31. The molecule has 3 rings (SSSR count). The van der Waals surface area contributed by atoms with Crippen molar-refractivity contribution >= 4 is 12.1 Å². The lowest BCUT2D eigenvalue weighted by atomic mass is 10.2. The van der Waals surface area contributed by atoms with Crippen LogP contribution in [0.2, 0.25) is 0 Å². The minimum Gasteiger partial charge on any atom is -0.457 e. The number of nitrogens with zero attached hydrogens (tertiary/aromatic N) is 1. The number of carbonyl (C=O) groups excluding carboxylic acids is 2. The second-order valence-electron chi connectivity index (χ2n) is 5.54. The molecule has 0 bridgehead atoms. The van der Waals surface area contributed by atoms with Crippen LogP contribution in [0.5, 0.6) is 11.5 Å². The summed E-state index contributed by atoms with van der Waals surface area (Å²) in [4.78, 5) is 24.3. The van der Waals surface area contributed by atoms with E-state index in [1.165, 1.54) is 34.6 Å². The van der Waals surface area contributed by atoms with Crippen molar-refractivity contribution in [2.75, 3.05) is 6.54 Å². The summed E-state index contributed by atoms with van der Waals surface area (Å²) >= 11 is 0. The molecule has 0 radical (unpaired) electrons. The molecule has 0 aliphatic carbocycles. The quantitative estimate of drug-likeness (QED) is 0.561. The first-order valence-electron chi connectivity index (χ1n) is 7.72. The average Bonchev–Trinajstić information content (AvgIpc) is 2.97. The largest absolute Gasteiger partial charge is 0.457 e. The lowest BCUT2D eigenvalue weighted by Crippen LogP contribution is -2.34. The predicted molar refractivity (Wildman–Crippen MR) is 87.0 cm³/mol. The highest BCUT2D eigenvalue weighted by Crippen LogP contribution is 2.22. The first kappa shape index (κ1) is 17.5. The van der Waals surface area contributed by atoms with Crippen LogP contribution >= 0.6 is 0 Å². The highest BCUT2D eigenvalue weighted by atomic mass is 19.1. The van der Waals surface area contributed by atoms with Gasteiger partial charge >= 0.3 is 12.1 Å². The van der Waals surface area contributed by atoms with E-state index >= 15 is 0 Å². The van der Waals surface area contributed by atoms with Gasteiger partial charge in [0.2, 0.25) is 0 Å². The maximum Gasteiger partial charge on any atom is 0.433 e. The van der Waals surface area contributed by atoms with Crippen LogP contribution in [0, 0.1) is 5.82 Å². The Bertz CT molecular complexity index is 782. The van der Waals surface area contributed by atoms with Gasteiger partial charge < -0.3 is 19.7 Å². The number of carbonyl (C=O) groups is 2. The minimum atomic E-state index is -1.04. The van der Waals surface area contributed by atoms with Crippen molar-refractivity contribution in [3.8, 4) is 11.5 Å². The summed E-state index contributed by atoms with van der Waals surface area (Å²) in [5.41, 5.74) is 2.18. The Morgan fingerprint density at radius 3 is 2.42 bits per heavy atom. The molecule has 3 N–H and O–H groups in total. The molecule has 0 saturated carbocycles. The van der Waals surface area contributed by atoms with Crippen LogP contribution in [0.4, 0.5) is 14.0 Å². The zero-order chi connectivity index (χ0) is 18.5. The van der Waals surface area contributed by atoms with Crippen molar-refractivity contribution in [2.45, 2.75) is 12.8 Å². The third-order valence-corrected chi connectivity index (χ3v) is 3.64. The molecule has 8 nitrogen and oxygen atoms in total. The molecule has 2 aromatic carbocycles. The number of amides is 3. The molecule has 0 aromatic heterocycles. The van der Waals surface area contributed by atoms with Crippen molar-refractivity contribution in [2.24, 2.45) is 0 Å². The van der Waals surface area contributed by atoms with E-state index in [0.717, 1.165) is 5.56 Å². The summed E-state index contributed by atoms with van der Waals surface area (Å²) in [5, 5.41) is 10.9. The van der Waals surface area contributed by atoms with E-state index in [2.05, 4.69) is 5.32 Å². The molecule has 3 amide bonds. The van der Waals surface area contributed by atoms with Crippen LogP contribution in [0.15, 0.2) is 48.5 Å². The fourth-order valence-corrected chi connectivity index (χ4v) is 2.44. The molecule has 1 heterocycles. The lowest BCUT2D eigenvalue weighted by Gasteiger charge is -2.15. The smallest absolute Gasteiger partial charge is 0.433 e. The molecule has 0 unspecified atom stereocenters. The molecule has 1 fully saturated rings. The summed E-state index contributed by atoms with van der Waals surface area (Å²) in [5.74, 6) is 0.752. The van der Waals surface area contributed by atoms with Gasteiger partial charge in [-0.15, -0.1) is 0 Å². The van der Waals surface area contributed by atoms with Gasteiger partial charge in [0.15, 0.2) is 6.23 Å². The van der Waals surface area contributed by atoms with E-state index in [1.54, 1.807) is 24.3 Å². The van der Waals surface area contributed by atoms with Gasteiger partial charge in [0, 0.05) is 6.54 Å². The van der Waals surface area contributed by atoms with Crippen molar-refractivity contribution < 1.29 is 28.7 Å². The van der Waals surface area contributed by atoms with Crippen LogP contribution in [-0.2, 0) is 11.3 Å². The van der Waals surface area contributed by atoms with Gasteiger partial charge in [-0.2, -0.15) is 0 Å². The first-order valence-corrected chi connectivity index (χ1v) is 7.72. The van der Waals surface area contributed by atoms with Crippen LogP contribution < -0.4 is 15.5 Å². The molecule has 0 spiro atoms. The van der Waals surface area contributed by atoms with Gasteiger partial charge in [0.05, 0.1) is 6.54 Å². The third kappa shape index (κ3) is 4.39. The predicted octanol–water partition coefficient (Wildman–Crippen LogP) is 2.58. The van der Waals surface area contributed by atoms with Gasteiger partial charge in [0.1, 0.15) is 17.3 Å². The van der Waals surface area contributed by atoms with Gasteiger partial charge in [-0.3, -0.25) is 5.21 Å². The number of rotatable bonds is 5. The van der Waals surface area contributed by atoms with Crippen molar-refractivity contribution in [3.05, 3.63) is 59.9 Å². The zero-order valence-corrected chi connectivity index (χ0v) is 13.5. The van der Waals surface area contributed by atoms with E-state index in [0.29, 0.717) is 18.0 Å². The minimum absolute atomic E-state index is 0.153. The standard InChI is InChI=1S/C17H16FN3O5/c18-12-3-7-14(8-4-12)25-13-5-1-11(2-6-13)9-21-10-15(19-16(21)22)26-17(23)20-24/h1-8,15,24H,9-10H2,(H,19,22)(H,20,23)/t15-/m1/s1. The van der Waals surface area contributed by atoms with Gasteiger partial charge in [-0.1, -0.05) is 12.1 Å². The Balaban J connectivity index is 1.56. The van der Waals surface area contributed by atoms with Crippen LogP contribution in [0.1, 0.15) is 5.56 Å². The first-order chi connectivity index (χ1) is 12.5. The summed E-state index contributed by atoms with van der Waals surface area (Å²) in [6.07, 6.45) is -1.88. The molecule has 1 atom stereocenters. The molecule has 9 heteroatoms. The molecule has 136 valence electrons. The van der Waals surface area contributed by atoms with Crippen molar-refractivity contribution in [1.29, 1.82) is 0 Å². The zero-order valence-electron chi connectivity index (χ0n) is 13.5. The molecule has 26 heavy (non-hydrogen) atoms. The number of hydrogen-bond acceptors (Lipinski definition) is 5. The SMILES string of the molecule is O=C(NO)O[C@@H]1CN(Cc2ccc(Oc3ccc(F)cc3)cc2)C(=O)N1. The summed E-state index contributed by atoms with van der Waals surface area (Å²) in [6, 6.07) is 12.4. The Kier molecular flexibility index (Phi) is 5.18. The number of hydroxylamine groups is 1. The Morgan fingerprint density at radius 2 is 1.81 bits per heavy atom. The molecule has 1 aliphatic heterocycles. The fourth-order valence-electron chi connectivity index (χ4n) is 2.44.